The lowest BCUT2D eigenvalue weighted by Crippen LogP contribution is -2.46. The number of amides is 1. The maximum absolute atomic E-state index is 12.5. The van der Waals surface area contributed by atoms with E-state index in [1.807, 2.05) is 19.1 Å². The smallest absolute Gasteiger partial charge is 0.260 e. The average Bonchev–Trinajstić information content (AvgIpc) is 3.07. The number of aromatic nitrogens is 2. The van der Waals surface area contributed by atoms with Crippen molar-refractivity contribution in [1.29, 1.82) is 0 Å². The molecule has 0 bridgehead atoms. The third kappa shape index (κ3) is 3.83. The van der Waals surface area contributed by atoms with Crippen molar-refractivity contribution >= 4 is 23.2 Å². The van der Waals surface area contributed by atoms with E-state index in [9.17, 15) is 4.79 Å². The summed E-state index contributed by atoms with van der Waals surface area (Å²) in [5.74, 6) is 2.38. The fourth-order valence-corrected chi connectivity index (χ4v) is 3.46. The van der Waals surface area contributed by atoms with Crippen LogP contribution >= 0.6 is 0 Å². The predicted molar refractivity (Wildman–Crippen MR) is 109 cm³/mol. The average molecular weight is 377 g/mol. The van der Waals surface area contributed by atoms with Gasteiger partial charge < -0.3 is 19.5 Å². The van der Waals surface area contributed by atoms with Gasteiger partial charge in [0, 0.05) is 37.9 Å². The number of nitrogens with zero attached hydrogens (tertiary/aromatic N) is 4. The van der Waals surface area contributed by atoms with Gasteiger partial charge in [-0.3, -0.25) is 4.79 Å². The summed E-state index contributed by atoms with van der Waals surface area (Å²) in [7, 11) is 0. The monoisotopic (exact) mass is 377 g/mol. The Morgan fingerprint density at radius 3 is 2.39 bits per heavy atom. The van der Waals surface area contributed by atoms with Crippen LogP contribution in [0.15, 0.2) is 53.2 Å². The summed E-state index contributed by atoms with van der Waals surface area (Å²) in [6, 6.07) is 14.0. The highest BCUT2D eigenvalue weighted by Gasteiger charge is 2.19. The number of piperazine rings is 1. The summed E-state index contributed by atoms with van der Waals surface area (Å²) < 4.78 is 5.43. The Balaban J connectivity index is 1.42. The molecule has 1 aromatic carbocycles. The van der Waals surface area contributed by atoms with Crippen LogP contribution in [-0.4, -0.2) is 42.1 Å². The third-order valence-corrected chi connectivity index (χ3v) is 4.90. The molecule has 0 saturated carbocycles. The number of anilines is 3. The standard InChI is InChI=1S/C21H23N5O2/c1-15-12-18(16(2)28-15)21(27)24-19-13-20(23-14-22-19)26-10-8-25(9-11-26)17-6-4-3-5-7-17/h3-7,12-14H,8-11H2,1-2H3,(H,22,23,24,27). The molecule has 0 atom stereocenters. The first-order valence-corrected chi connectivity index (χ1v) is 9.35. The number of rotatable bonds is 4. The van der Waals surface area contributed by atoms with E-state index >= 15 is 0 Å². The lowest BCUT2D eigenvalue weighted by molar-refractivity contribution is 0.102. The van der Waals surface area contributed by atoms with Crippen LogP contribution < -0.4 is 15.1 Å². The van der Waals surface area contributed by atoms with Gasteiger partial charge in [-0.2, -0.15) is 0 Å². The summed E-state index contributed by atoms with van der Waals surface area (Å²) in [5.41, 5.74) is 1.76. The van der Waals surface area contributed by atoms with Gasteiger partial charge in [-0.15, -0.1) is 0 Å². The lowest BCUT2D eigenvalue weighted by atomic mass is 10.2. The number of aryl methyl sites for hydroxylation is 2. The van der Waals surface area contributed by atoms with Gasteiger partial charge in [0.05, 0.1) is 5.56 Å². The highest BCUT2D eigenvalue weighted by Crippen LogP contribution is 2.21. The summed E-state index contributed by atoms with van der Waals surface area (Å²) in [4.78, 5) is 25.6. The number of carbonyl (C=O) groups excluding carboxylic acids is 1. The molecule has 28 heavy (non-hydrogen) atoms. The van der Waals surface area contributed by atoms with Gasteiger partial charge in [0.2, 0.25) is 0 Å². The van der Waals surface area contributed by atoms with Crippen LogP contribution in [0.25, 0.3) is 0 Å². The molecule has 2 aromatic heterocycles. The van der Waals surface area contributed by atoms with E-state index in [0.717, 1.165) is 32.0 Å². The first-order valence-electron chi connectivity index (χ1n) is 9.35. The predicted octanol–water partition coefficient (Wildman–Crippen LogP) is 3.27. The SMILES string of the molecule is Cc1cc(C(=O)Nc2cc(N3CCN(c4ccccc4)CC3)ncn2)c(C)o1. The Hall–Kier alpha value is -3.35. The maximum atomic E-state index is 12.5. The number of carbonyl (C=O) groups is 1. The minimum atomic E-state index is -0.229. The van der Waals surface area contributed by atoms with Crippen molar-refractivity contribution < 1.29 is 9.21 Å². The molecular formula is C21H23N5O2. The summed E-state index contributed by atoms with van der Waals surface area (Å²) in [6.07, 6.45) is 1.49. The van der Waals surface area contributed by atoms with Crippen LogP contribution in [0.4, 0.5) is 17.3 Å². The van der Waals surface area contributed by atoms with E-state index in [0.29, 0.717) is 22.9 Å². The minimum Gasteiger partial charge on any atom is -0.466 e. The normalized spacial score (nSPS) is 14.2. The number of para-hydroxylation sites is 1. The van der Waals surface area contributed by atoms with Gasteiger partial charge in [-0.1, -0.05) is 18.2 Å². The Bertz CT molecular complexity index is 962. The molecule has 4 rings (SSSR count). The lowest BCUT2D eigenvalue weighted by Gasteiger charge is -2.36. The van der Waals surface area contributed by atoms with E-state index in [1.165, 1.54) is 12.0 Å². The summed E-state index contributed by atoms with van der Waals surface area (Å²) in [5, 5.41) is 2.84. The van der Waals surface area contributed by atoms with Crippen LogP contribution in [0.3, 0.4) is 0 Å². The van der Waals surface area contributed by atoms with Gasteiger partial charge in [0.15, 0.2) is 0 Å². The molecule has 0 radical (unpaired) electrons. The Kier molecular flexibility index (Phi) is 4.97. The molecule has 144 valence electrons. The molecule has 0 unspecified atom stereocenters. The molecule has 1 fully saturated rings. The van der Waals surface area contributed by atoms with Gasteiger partial charge in [-0.05, 0) is 32.0 Å². The van der Waals surface area contributed by atoms with Crippen LogP contribution in [-0.2, 0) is 0 Å². The largest absolute Gasteiger partial charge is 0.466 e. The van der Waals surface area contributed by atoms with Crippen LogP contribution in [0.5, 0.6) is 0 Å². The fourth-order valence-electron chi connectivity index (χ4n) is 3.46. The van der Waals surface area contributed by atoms with Crippen molar-refractivity contribution in [3.05, 3.63) is 65.9 Å². The van der Waals surface area contributed by atoms with Gasteiger partial charge >= 0.3 is 0 Å². The second-order valence-corrected chi connectivity index (χ2v) is 6.85. The summed E-state index contributed by atoms with van der Waals surface area (Å²) >= 11 is 0. The second-order valence-electron chi connectivity index (χ2n) is 6.85. The van der Waals surface area contributed by atoms with Crippen molar-refractivity contribution in [3.8, 4) is 0 Å². The highest BCUT2D eigenvalue weighted by atomic mass is 16.3. The molecule has 1 aliphatic heterocycles. The molecular weight excluding hydrogens is 354 g/mol. The topological polar surface area (TPSA) is 74.5 Å². The molecule has 7 nitrogen and oxygen atoms in total. The number of furan rings is 1. The fraction of sp³-hybridized carbons (Fsp3) is 0.286. The van der Waals surface area contributed by atoms with E-state index < -0.39 is 0 Å². The highest BCUT2D eigenvalue weighted by molar-refractivity contribution is 6.04. The Morgan fingerprint density at radius 2 is 1.71 bits per heavy atom. The van der Waals surface area contributed by atoms with Crippen LogP contribution in [0.1, 0.15) is 21.9 Å². The number of benzene rings is 1. The third-order valence-electron chi connectivity index (χ3n) is 4.90. The van der Waals surface area contributed by atoms with Gasteiger partial charge in [0.25, 0.3) is 5.91 Å². The van der Waals surface area contributed by atoms with Crippen molar-refractivity contribution in [2.45, 2.75) is 13.8 Å². The molecule has 1 saturated heterocycles. The zero-order valence-electron chi connectivity index (χ0n) is 16.1. The van der Waals surface area contributed by atoms with Gasteiger partial charge in [0.1, 0.15) is 29.5 Å². The maximum Gasteiger partial charge on any atom is 0.260 e. The zero-order valence-corrected chi connectivity index (χ0v) is 16.1. The van der Waals surface area contributed by atoms with Crippen molar-refractivity contribution in [3.63, 3.8) is 0 Å². The first kappa shape index (κ1) is 18.0. The molecule has 7 heteroatoms. The quantitative estimate of drug-likeness (QED) is 0.752. The van der Waals surface area contributed by atoms with Crippen LogP contribution in [0, 0.1) is 13.8 Å². The number of nitrogens with one attached hydrogen (secondary N) is 1. The Morgan fingerprint density at radius 1 is 1.00 bits per heavy atom. The van der Waals surface area contributed by atoms with E-state index in [1.54, 1.807) is 13.0 Å². The molecule has 3 heterocycles. The molecule has 1 amide bonds. The first-order chi connectivity index (χ1) is 13.6. The van der Waals surface area contributed by atoms with Gasteiger partial charge in [-0.25, -0.2) is 9.97 Å². The number of hydrogen-bond acceptors (Lipinski definition) is 6. The molecule has 3 aromatic rings. The molecule has 1 aliphatic rings. The van der Waals surface area contributed by atoms with E-state index in [2.05, 4.69) is 49.4 Å². The van der Waals surface area contributed by atoms with E-state index in [-0.39, 0.29) is 5.91 Å². The second kappa shape index (κ2) is 7.72. The van der Waals surface area contributed by atoms with Crippen molar-refractivity contribution in [2.24, 2.45) is 0 Å². The van der Waals surface area contributed by atoms with Crippen molar-refractivity contribution in [2.75, 3.05) is 41.3 Å². The minimum absolute atomic E-state index is 0.229. The summed E-state index contributed by atoms with van der Waals surface area (Å²) in [6.45, 7) is 7.16. The Labute approximate surface area is 164 Å². The van der Waals surface area contributed by atoms with E-state index in [4.69, 9.17) is 4.42 Å². The van der Waals surface area contributed by atoms with Crippen LogP contribution in [0.2, 0.25) is 0 Å². The van der Waals surface area contributed by atoms with Crippen molar-refractivity contribution in [1.82, 2.24) is 9.97 Å². The molecule has 0 spiro atoms. The number of hydrogen-bond donors (Lipinski definition) is 1. The molecule has 1 N–H and O–H groups in total. The zero-order chi connectivity index (χ0) is 19.5. The molecule has 0 aliphatic carbocycles.